The van der Waals surface area contributed by atoms with Gasteiger partial charge in [-0.05, 0) is 68.2 Å². The molecule has 1 amide bonds. The molecule has 1 aromatic heterocycles. The van der Waals surface area contributed by atoms with Crippen molar-refractivity contribution in [2.75, 3.05) is 6.61 Å². The Labute approximate surface area is 207 Å². The summed E-state index contributed by atoms with van der Waals surface area (Å²) >= 11 is 0. The molecule has 4 rings (SSSR count). The minimum atomic E-state index is -0.322. The lowest BCUT2D eigenvalue weighted by Crippen LogP contribution is -2.36. The third-order valence-electron chi connectivity index (χ3n) is 6.28. The van der Waals surface area contributed by atoms with Crippen molar-refractivity contribution in [1.82, 2.24) is 15.1 Å². The van der Waals surface area contributed by atoms with Gasteiger partial charge in [0, 0.05) is 23.4 Å². The van der Waals surface area contributed by atoms with Gasteiger partial charge in [-0.25, -0.2) is 4.68 Å². The number of nitrogens with zero attached hydrogens (tertiary/aromatic N) is 3. The number of aryl methyl sites for hydroxylation is 1. The van der Waals surface area contributed by atoms with E-state index in [1.807, 2.05) is 61.7 Å². The average molecular weight is 469 g/mol. The minimum absolute atomic E-state index is 0.0871. The second-order valence-electron chi connectivity index (χ2n) is 9.02. The number of amides is 1. The predicted molar refractivity (Wildman–Crippen MR) is 138 cm³/mol. The van der Waals surface area contributed by atoms with E-state index >= 15 is 0 Å². The lowest BCUT2D eigenvalue weighted by atomic mass is 9.95. The highest BCUT2D eigenvalue weighted by atomic mass is 16.5. The molecule has 0 spiro atoms. The highest BCUT2D eigenvalue weighted by Crippen LogP contribution is 2.30. The van der Waals surface area contributed by atoms with Crippen LogP contribution in [-0.4, -0.2) is 28.3 Å². The molecule has 0 unspecified atom stereocenters. The van der Waals surface area contributed by atoms with E-state index in [4.69, 9.17) is 9.84 Å². The number of para-hydroxylation sites is 1. The molecule has 0 saturated heterocycles. The fraction of sp³-hybridized carbons (Fsp3) is 0.345. The first kappa shape index (κ1) is 24.3. The van der Waals surface area contributed by atoms with Crippen molar-refractivity contribution in [3.63, 3.8) is 0 Å². The van der Waals surface area contributed by atoms with Gasteiger partial charge in [-0.2, -0.15) is 10.4 Å². The third-order valence-corrected chi connectivity index (χ3v) is 6.28. The van der Waals surface area contributed by atoms with Gasteiger partial charge in [0.2, 0.25) is 0 Å². The van der Waals surface area contributed by atoms with Gasteiger partial charge in [0.15, 0.2) is 0 Å². The molecule has 1 aliphatic rings. The lowest BCUT2D eigenvalue weighted by molar-refractivity contribution is -0.117. The van der Waals surface area contributed by atoms with Crippen molar-refractivity contribution >= 4 is 12.0 Å². The summed E-state index contributed by atoms with van der Waals surface area (Å²) < 4.78 is 7.62. The van der Waals surface area contributed by atoms with Crippen molar-refractivity contribution in [3.8, 4) is 28.8 Å². The number of rotatable bonds is 8. The highest BCUT2D eigenvalue weighted by molar-refractivity contribution is 6.02. The van der Waals surface area contributed by atoms with E-state index in [0.29, 0.717) is 17.9 Å². The van der Waals surface area contributed by atoms with E-state index < -0.39 is 0 Å². The molecule has 1 saturated carbocycles. The van der Waals surface area contributed by atoms with E-state index in [1.54, 1.807) is 10.8 Å². The molecule has 0 bridgehead atoms. The number of ether oxygens (including phenoxy) is 1. The summed E-state index contributed by atoms with van der Waals surface area (Å²) in [5.41, 5.74) is 4.32. The zero-order valence-corrected chi connectivity index (χ0v) is 20.5. The summed E-state index contributed by atoms with van der Waals surface area (Å²) in [6.45, 7) is 4.75. The molecule has 6 nitrogen and oxygen atoms in total. The third kappa shape index (κ3) is 5.99. The molecule has 6 heteroatoms. The molecule has 180 valence electrons. The first-order valence-corrected chi connectivity index (χ1v) is 12.4. The van der Waals surface area contributed by atoms with Gasteiger partial charge in [-0.3, -0.25) is 4.79 Å². The molecule has 35 heavy (non-hydrogen) atoms. The Bertz CT molecular complexity index is 1230. The Hall–Kier alpha value is -3.85. The van der Waals surface area contributed by atoms with Gasteiger partial charge in [0.05, 0.1) is 12.3 Å². The minimum Gasteiger partial charge on any atom is -0.493 e. The average Bonchev–Trinajstić information content (AvgIpc) is 3.31. The van der Waals surface area contributed by atoms with Crippen molar-refractivity contribution in [1.29, 1.82) is 5.26 Å². The van der Waals surface area contributed by atoms with Crippen molar-refractivity contribution < 1.29 is 9.53 Å². The molecular formula is C29H32N4O2. The summed E-state index contributed by atoms with van der Waals surface area (Å²) in [7, 11) is 0. The maximum absolute atomic E-state index is 12.9. The molecule has 1 N–H and O–H groups in total. The first-order chi connectivity index (χ1) is 17.1. The molecule has 0 radical (unpaired) electrons. The van der Waals surface area contributed by atoms with Crippen LogP contribution in [0.1, 0.15) is 56.6 Å². The van der Waals surface area contributed by atoms with E-state index in [9.17, 15) is 10.1 Å². The summed E-state index contributed by atoms with van der Waals surface area (Å²) in [5.74, 6) is 0.525. The van der Waals surface area contributed by atoms with Gasteiger partial charge >= 0.3 is 0 Å². The Morgan fingerprint density at radius 3 is 2.66 bits per heavy atom. The maximum atomic E-state index is 12.9. The normalized spacial score (nSPS) is 14.4. The Morgan fingerprint density at radius 2 is 1.97 bits per heavy atom. The number of carbonyl (C=O) groups excluding carboxylic acids is 1. The van der Waals surface area contributed by atoms with Crippen LogP contribution in [0.25, 0.3) is 23.0 Å². The van der Waals surface area contributed by atoms with Crippen LogP contribution in [0.3, 0.4) is 0 Å². The zero-order chi connectivity index (χ0) is 24.6. The van der Waals surface area contributed by atoms with E-state index in [0.717, 1.165) is 54.7 Å². The lowest BCUT2D eigenvalue weighted by Gasteiger charge is -2.22. The van der Waals surface area contributed by atoms with Crippen LogP contribution in [0.4, 0.5) is 0 Å². The summed E-state index contributed by atoms with van der Waals surface area (Å²) in [4.78, 5) is 12.9. The standard InChI is InChI=1S/C29H32N4O2/c1-3-16-35-27-15-14-22(17-21(27)2)28-24(20-33(32-28)26-12-8-5-9-13-26)18-23(19-30)29(34)31-25-10-6-4-7-11-25/h5,8-9,12-15,17-18,20,25H,3-4,6-7,10-11,16H2,1-2H3,(H,31,34)/b23-18+. The number of nitrogens with one attached hydrogen (secondary N) is 1. The number of benzene rings is 2. The quantitative estimate of drug-likeness (QED) is 0.325. The highest BCUT2D eigenvalue weighted by Gasteiger charge is 2.20. The van der Waals surface area contributed by atoms with Crippen LogP contribution < -0.4 is 10.1 Å². The second kappa shape index (κ2) is 11.5. The SMILES string of the molecule is CCCOc1ccc(-c2nn(-c3ccccc3)cc2/C=C(\C#N)C(=O)NC2CCCCC2)cc1C. The molecule has 0 aliphatic heterocycles. The van der Waals surface area contributed by atoms with Crippen molar-refractivity contribution in [3.05, 3.63) is 71.4 Å². The zero-order valence-electron chi connectivity index (χ0n) is 20.5. The van der Waals surface area contributed by atoms with Gasteiger partial charge in [0.25, 0.3) is 5.91 Å². The van der Waals surface area contributed by atoms with Crippen molar-refractivity contribution in [2.45, 2.75) is 58.4 Å². The molecule has 3 aromatic rings. The van der Waals surface area contributed by atoms with Crippen molar-refractivity contribution in [2.24, 2.45) is 0 Å². The maximum Gasteiger partial charge on any atom is 0.262 e. The Balaban J connectivity index is 1.71. The number of carbonyl (C=O) groups is 1. The molecule has 1 aliphatic carbocycles. The van der Waals surface area contributed by atoms with E-state index in [-0.39, 0.29) is 17.5 Å². The molecular weight excluding hydrogens is 436 g/mol. The topological polar surface area (TPSA) is 79.9 Å². The summed E-state index contributed by atoms with van der Waals surface area (Å²) in [6.07, 6.45) is 9.82. The van der Waals surface area contributed by atoms with Crippen LogP contribution in [-0.2, 0) is 4.79 Å². The Morgan fingerprint density at radius 1 is 1.20 bits per heavy atom. The van der Waals surface area contributed by atoms with Crippen LogP contribution in [0.2, 0.25) is 0 Å². The van der Waals surface area contributed by atoms with Gasteiger partial charge in [-0.1, -0.05) is 44.4 Å². The predicted octanol–water partition coefficient (Wildman–Crippen LogP) is 5.99. The number of hydrogen-bond donors (Lipinski definition) is 1. The van der Waals surface area contributed by atoms with E-state index in [1.165, 1.54) is 6.42 Å². The van der Waals surface area contributed by atoms with Gasteiger partial charge < -0.3 is 10.1 Å². The fourth-order valence-corrected chi connectivity index (χ4v) is 4.42. The largest absolute Gasteiger partial charge is 0.493 e. The van der Waals surface area contributed by atoms with Crippen LogP contribution >= 0.6 is 0 Å². The number of aromatic nitrogens is 2. The van der Waals surface area contributed by atoms with Gasteiger partial charge in [-0.15, -0.1) is 0 Å². The van der Waals surface area contributed by atoms with E-state index in [2.05, 4.69) is 18.3 Å². The Kier molecular flexibility index (Phi) is 7.99. The summed E-state index contributed by atoms with van der Waals surface area (Å²) in [5, 5.41) is 17.7. The van der Waals surface area contributed by atoms with Gasteiger partial charge in [0.1, 0.15) is 23.1 Å². The molecule has 2 aromatic carbocycles. The summed E-state index contributed by atoms with van der Waals surface area (Å²) in [6, 6.07) is 18.0. The van der Waals surface area contributed by atoms with Crippen LogP contribution in [0.15, 0.2) is 60.3 Å². The fourth-order valence-electron chi connectivity index (χ4n) is 4.42. The molecule has 1 heterocycles. The molecule has 1 fully saturated rings. The second-order valence-corrected chi connectivity index (χ2v) is 9.02. The molecule has 0 atom stereocenters. The monoisotopic (exact) mass is 468 g/mol. The first-order valence-electron chi connectivity index (χ1n) is 12.4. The number of hydrogen-bond acceptors (Lipinski definition) is 4. The van der Waals surface area contributed by atoms with Crippen LogP contribution in [0, 0.1) is 18.3 Å². The van der Waals surface area contributed by atoms with Crippen LogP contribution in [0.5, 0.6) is 5.75 Å². The smallest absolute Gasteiger partial charge is 0.262 e. The number of nitriles is 1.